The molecular formula is C31H39N3O4S. The summed E-state index contributed by atoms with van der Waals surface area (Å²) in [6, 6.07) is 22.0. The number of carbonyl (C=O) groups is 2. The molecule has 3 aromatic carbocycles. The first-order chi connectivity index (χ1) is 18.4. The molecule has 0 bridgehead atoms. The quantitative estimate of drug-likeness (QED) is 0.354. The lowest BCUT2D eigenvalue weighted by Crippen LogP contribution is -2.52. The second-order valence-electron chi connectivity index (χ2n) is 10.4. The van der Waals surface area contributed by atoms with Gasteiger partial charge in [0, 0.05) is 12.6 Å². The highest BCUT2D eigenvalue weighted by Gasteiger charge is 2.32. The minimum atomic E-state index is -4.08. The molecule has 39 heavy (non-hydrogen) atoms. The van der Waals surface area contributed by atoms with Gasteiger partial charge in [-0.2, -0.15) is 0 Å². The molecule has 0 spiro atoms. The van der Waals surface area contributed by atoms with Crippen LogP contribution in [0.3, 0.4) is 0 Å². The molecule has 208 valence electrons. The van der Waals surface area contributed by atoms with Crippen LogP contribution in [0.1, 0.15) is 57.2 Å². The van der Waals surface area contributed by atoms with Gasteiger partial charge in [-0.25, -0.2) is 8.42 Å². The van der Waals surface area contributed by atoms with Gasteiger partial charge in [-0.15, -0.1) is 0 Å². The molecule has 0 unspecified atom stereocenters. The number of amides is 2. The van der Waals surface area contributed by atoms with Crippen molar-refractivity contribution in [2.75, 3.05) is 10.8 Å². The average molecular weight is 550 g/mol. The van der Waals surface area contributed by atoms with Crippen molar-refractivity contribution in [3.8, 4) is 0 Å². The van der Waals surface area contributed by atoms with Crippen molar-refractivity contribution in [1.82, 2.24) is 10.2 Å². The van der Waals surface area contributed by atoms with Crippen LogP contribution in [0, 0.1) is 6.92 Å². The van der Waals surface area contributed by atoms with Crippen LogP contribution in [0.5, 0.6) is 0 Å². The Morgan fingerprint density at radius 3 is 2.05 bits per heavy atom. The molecule has 3 aromatic rings. The van der Waals surface area contributed by atoms with Crippen molar-refractivity contribution < 1.29 is 18.0 Å². The molecule has 8 heteroatoms. The van der Waals surface area contributed by atoms with E-state index in [1.54, 1.807) is 37.3 Å². The summed E-state index contributed by atoms with van der Waals surface area (Å²) >= 11 is 0. The first-order valence-corrected chi connectivity index (χ1v) is 14.7. The standard InChI is InChI=1S/C31H39N3O4S/c1-22(2)27-15-17-28(18-16-27)34(39(37,38)29-13-8-7-9-14-29)21-30(35)33(25(6)31(36)32-23(3)4)20-26-12-10-11-24(5)19-26/h7-19,22-23,25H,20-21H2,1-6H3,(H,32,36)/t25-/m1/s1. The summed E-state index contributed by atoms with van der Waals surface area (Å²) in [5, 5.41) is 2.87. The van der Waals surface area contributed by atoms with Gasteiger partial charge in [0.15, 0.2) is 0 Å². The van der Waals surface area contributed by atoms with Crippen molar-refractivity contribution in [3.05, 3.63) is 95.6 Å². The van der Waals surface area contributed by atoms with Gasteiger partial charge in [0.05, 0.1) is 10.6 Å². The summed E-state index contributed by atoms with van der Waals surface area (Å²) in [4.78, 5) is 28.5. The van der Waals surface area contributed by atoms with E-state index in [1.807, 2.05) is 57.2 Å². The normalized spacial score (nSPS) is 12.3. The van der Waals surface area contributed by atoms with E-state index < -0.39 is 28.5 Å². The number of carbonyl (C=O) groups excluding carboxylic acids is 2. The Kier molecular flexibility index (Phi) is 9.92. The van der Waals surface area contributed by atoms with E-state index in [-0.39, 0.29) is 29.3 Å². The van der Waals surface area contributed by atoms with Gasteiger partial charge >= 0.3 is 0 Å². The largest absolute Gasteiger partial charge is 0.352 e. The molecule has 0 aliphatic heterocycles. The van der Waals surface area contributed by atoms with E-state index in [4.69, 9.17) is 0 Å². The zero-order valence-electron chi connectivity index (χ0n) is 23.6. The van der Waals surface area contributed by atoms with Crippen LogP contribution >= 0.6 is 0 Å². The maximum absolute atomic E-state index is 13.9. The Morgan fingerprint density at radius 2 is 1.49 bits per heavy atom. The van der Waals surface area contributed by atoms with Gasteiger partial charge in [0.25, 0.3) is 10.0 Å². The highest BCUT2D eigenvalue weighted by atomic mass is 32.2. The van der Waals surface area contributed by atoms with Crippen molar-refractivity contribution >= 4 is 27.5 Å². The first kappa shape index (κ1) is 29.9. The minimum Gasteiger partial charge on any atom is -0.352 e. The zero-order chi connectivity index (χ0) is 28.7. The van der Waals surface area contributed by atoms with E-state index in [2.05, 4.69) is 19.2 Å². The third kappa shape index (κ3) is 7.69. The molecule has 1 atom stereocenters. The molecule has 0 aliphatic carbocycles. The second kappa shape index (κ2) is 12.9. The molecular weight excluding hydrogens is 510 g/mol. The first-order valence-electron chi connectivity index (χ1n) is 13.2. The molecule has 0 fully saturated rings. The van der Waals surface area contributed by atoms with Gasteiger partial charge < -0.3 is 10.2 Å². The van der Waals surface area contributed by atoms with Crippen LogP contribution in [-0.2, 0) is 26.2 Å². The topological polar surface area (TPSA) is 86.8 Å². The molecule has 0 heterocycles. The predicted octanol–water partition coefficient (Wildman–Crippen LogP) is 5.26. The summed E-state index contributed by atoms with van der Waals surface area (Å²) in [6.45, 7) is 11.2. The van der Waals surface area contributed by atoms with Crippen molar-refractivity contribution in [2.45, 2.75) is 71.0 Å². The van der Waals surface area contributed by atoms with Gasteiger partial charge in [0.2, 0.25) is 11.8 Å². The van der Waals surface area contributed by atoms with Crippen molar-refractivity contribution in [1.29, 1.82) is 0 Å². The Hall–Kier alpha value is -3.65. The van der Waals surface area contributed by atoms with E-state index in [1.165, 1.54) is 17.0 Å². The third-order valence-corrected chi connectivity index (χ3v) is 8.28. The summed E-state index contributed by atoms with van der Waals surface area (Å²) in [6.07, 6.45) is 0. The van der Waals surface area contributed by atoms with E-state index in [0.29, 0.717) is 5.69 Å². The lowest BCUT2D eigenvalue weighted by molar-refractivity contribution is -0.139. The number of hydrogen-bond acceptors (Lipinski definition) is 4. The number of anilines is 1. The minimum absolute atomic E-state index is 0.0848. The summed E-state index contributed by atoms with van der Waals surface area (Å²) in [5.41, 5.74) is 3.32. The van der Waals surface area contributed by atoms with Crippen LogP contribution < -0.4 is 9.62 Å². The SMILES string of the molecule is Cc1cccc(CN(C(=O)CN(c2ccc(C(C)C)cc2)S(=O)(=O)c2ccccc2)[C@H](C)C(=O)NC(C)C)c1. The molecule has 0 radical (unpaired) electrons. The maximum atomic E-state index is 13.9. The van der Waals surface area contributed by atoms with Crippen molar-refractivity contribution in [3.63, 3.8) is 0 Å². The van der Waals surface area contributed by atoms with Crippen LogP contribution in [0.2, 0.25) is 0 Å². The number of nitrogens with zero attached hydrogens (tertiary/aromatic N) is 2. The Morgan fingerprint density at radius 1 is 0.846 bits per heavy atom. The van der Waals surface area contributed by atoms with Gasteiger partial charge in [0.1, 0.15) is 12.6 Å². The monoisotopic (exact) mass is 549 g/mol. The van der Waals surface area contributed by atoms with Crippen LogP contribution in [0.15, 0.2) is 83.8 Å². The Labute approximate surface area is 232 Å². The van der Waals surface area contributed by atoms with Gasteiger partial charge in [-0.05, 0) is 69.0 Å². The summed E-state index contributed by atoms with van der Waals surface area (Å²) in [7, 11) is -4.08. The molecule has 3 rings (SSSR count). The van der Waals surface area contributed by atoms with Crippen LogP contribution in [-0.4, -0.2) is 43.8 Å². The zero-order valence-corrected chi connectivity index (χ0v) is 24.4. The fourth-order valence-electron chi connectivity index (χ4n) is 4.27. The van der Waals surface area contributed by atoms with Gasteiger partial charge in [-0.3, -0.25) is 13.9 Å². The number of sulfonamides is 1. The fourth-order valence-corrected chi connectivity index (χ4v) is 5.70. The van der Waals surface area contributed by atoms with E-state index in [0.717, 1.165) is 21.0 Å². The van der Waals surface area contributed by atoms with E-state index in [9.17, 15) is 18.0 Å². The summed E-state index contributed by atoms with van der Waals surface area (Å²) < 4.78 is 28.8. The molecule has 2 amide bonds. The highest BCUT2D eigenvalue weighted by molar-refractivity contribution is 7.92. The molecule has 7 nitrogen and oxygen atoms in total. The number of hydrogen-bond donors (Lipinski definition) is 1. The highest BCUT2D eigenvalue weighted by Crippen LogP contribution is 2.26. The fraction of sp³-hybridized carbons (Fsp3) is 0.355. The maximum Gasteiger partial charge on any atom is 0.264 e. The van der Waals surface area contributed by atoms with Gasteiger partial charge in [-0.1, -0.05) is 74.0 Å². The molecule has 0 aliphatic rings. The Bertz CT molecular complexity index is 1370. The summed E-state index contributed by atoms with van der Waals surface area (Å²) in [5.74, 6) is -0.509. The Balaban J connectivity index is 2.03. The smallest absolute Gasteiger partial charge is 0.264 e. The third-order valence-electron chi connectivity index (χ3n) is 6.49. The molecule has 0 saturated heterocycles. The van der Waals surface area contributed by atoms with Crippen molar-refractivity contribution in [2.24, 2.45) is 0 Å². The lowest BCUT2D eigenvalue weighted by Gasteiger charge is -2.32. The predicted molar refractivity (Wildman–Crippen MR) is 156 cm³/mol. The number of rotatable bonds is 11. The molecule has 1 N–H and O–H groups in total. The number of benzene rings is 3. The average Bonchev–Trinajstić information content (AvgIpc) is 2.90. The molecule has 0 aromatic heterocycles. The van der Waals surface area contributed by atoms with E-state index >= 15 is 0 Å². The van der Waals surface area contributed by atoms with Crippen LogP contribution in [0.4, 0.5) is 5.69 Å². The molecule has 0 saturated carbocycles. The van der Waals surface area contributed by atoms with Crippen LogP contribution in [0.25, 0.3) is 0 Å². The number of aryl methyl sites for hydroxylation is 1. The second-order valence-corrected chi connectivity index (χ2v) is 12.3. The lowest BCUT2D eigenvalue weighted by atomic mass is 10.0. The number of nitrogens with one attached hydrogen (secondary N) is 1.